The van der Waals surface area contributed by atoms with E-state index < -0.39 is 41.5 Å². The van der Waals surface area contributed by atoms with Gasteiger partial charge in [-0.05, 0) is 24.3 Å². The maximum Gasteiger partial charge on any atom is 0.330 e. The topological polar surface area (TPSA) is 88.8 Å². The molecule has 1 aromatic carbocycles. The van der Waals surface area contributed by atoms with Crippen molar-refractivity contribution < 1.29 is 32.3 Å². The van der Waals surface area contributed by atoms with Crippen molar-refractivity contribution in [2.75, 3.05) is 17.7 Å². The van der Waals surface area contributed by atoms with E-state index >= 15 is 0 Å². The van der Waals surface area contributed by atoms with Crippen molar-refractivity contribution in [1.29, 1.82) is 0 Å². The summed E-state index contributed by atoms with van der Waals surface area (Å²) in [7, 11) is 0. The Morgan fingerprint density at radius 3 is 2.71 bits per heavy atom. The summed E-state index contributed by atoms with van der Waals surface area (Å²) in [5.74, 6) is -3.13. The highest BCUT2D eigenvalue weighted by Crippen LogP contribution is 2.41. The molecule has 28 heavy (non-hydrogen) atoms. The average molecular weight is 410 g/mol. The van der Waals surface area contributed by atoms with Gasteiger partial charge in [-0.25, -0.2) is 13.6 Å². The van der Waals surface area contributed by atoms with Gasteiger partial charge in [-0.2, -0.15) is 0 Å². The summed E-state index contributed by atoms with van der Waals surface area (Å²) in [5, 5.41) is 1.84. The summed E-state index contributed by atoms with van der Waals surface area (Å²) in [6.07, 6.45) is 1.47. The second kappa shape index (κ2) is 8.42. The van der Waals surface area contributed by atoms with Crippen LogP contribution in [-0.4, -0.2) is 41.1 Å². The predicted molar refractivity (Wildman–Crippen MR) is 96.2 cm³/mol. The van der Waals surface area contributed by atoms with E-state index in [0.717, 1.165) is 12.1 Å². The quantitative estimate of drug-likeness (QED) is 0.763. The molecule has 0 aliphatic carbocycles. The van der Waals surface area contributed by atoms with Crippen LogP contribution in [-0.2, 0) is 19.1 Å². The fourth-order valence-electron chi connectivity index (χ4n) is 2.73. The molecule has 0 unspecified atom stereocenters. The van der Waals surface area contributed by atoms with Crippen molar-refractivity contribution in [3.05, 3.63) is 54.0 Å². The van der Waals surface area contributed by atoms with Gasteiger partial charge in [0.15, 0.2) is 18.2 Å². The Morgan fingerprint density at radius 1 is 1.29 bits per heavy atom. The summed E-state index contributed by atoms with van der Waals surface area (Å²) < 4.78 is 36.4. The van der Waals surface area contributed by atoms with E-state index in [1.807, 2.05) is 0 Å². The number of carbonyl (C=O) groups is 3. The number of hydrogen-bond donors (Lipinski definition) is 1. The zero-order chi connectivity index (χ0) is 20.3. The minimum atomic E-state index is -1.11. The van der Waals surface area contributed by atoms with E-state index in [-0.39, 0.29) is 17.3 Å². The van der Waals surface area contributed by atoms with E-state index in [1.165, 1.54) is 35.9 Å². The molecule has 1 aromatic heterocycles. The average Bonchev–Trinajstić information content (AvgIpc) is 3.31. The maximum atomic E-state index is 13.2. The lowest BCUT2D eigenvalue weighted by atomic mass is 10.2. The number of furan rings is 1. The van der Waals surface area contributed by atoms with Crippen molar-refractivity contribution in [3.63, 3.8) is 0 Å². The molecular formula is C18H16F2N2O5S. The number of esters is 1. The van der Waals surface area contributed by atoms with Crippen molar-refractivity contribution >= 4 is 35.2 Å². The Balaban J connectivity index is 1.58. The van der Waals surface area contributed by atoms with Gasteiger partial charge in [0, 0.05) is 24.4 Å². The first kappa shape index (κ1) is 19.9. The number of nitrogens with zero attached hydrogens (tertiary/aromatic N) is 1. The first-order valence-electron chi connectivity index (χ1n) is 8.22. The first-order valence-corrected chi connectivity index (χ1v) is 9.27. The lowest BCUT2D eigenvalue weighted by Crippen LogP contribution is -2.43. The number of rotatable bonds is 5. The number of carbonyl (C=O) groups excluding carboxylic acids is 3. The summed E-state index contributed by atoms with van der Waals surface area (Å²) in [4.78, 5) is 37.6. The van der Waals surface area contributed by atoms with Crippen LogP contribution in [0.2, 0.25) is 0 Å². The normalized spacial score (nSPS) is 18.8. The molecule has 0 radical (unpaired) electrons. The van der Waals surface area contributed by atoms with Crippen LogP contribution in [0.5, 0.6) is 0 Å². The lowest BCUT2D eigenvalue weighted by Gasteiger charge is -2.25. The zero-order valence-electron chi connectivity index (χ0n) is 14.7. The second-order valence-electron chi connectivity index (χ2n) is 5.93. The molecule has 0 spiro atoms. The minimum absolute atomic E-state index is 0.0274. The molecule has 2 aromatic rings. The molecular weight excluding hydrogens is 394 g/mol. The van der Waals surface area contributed by atoms with E-state index in [1.54, 1.807) is 12.1 Å². The number of halogens is 2. The van der Waals surface area contributed by atoms with Crippen molar-refractivity contribution in [2.45, 2.75) is 18.3 Å². The van der Waals surface area contributed by atoms with Crippen LogP contribution in [0.1, 0.15) is 18.1 Å². The Kier molecular flexibility index (Phi) is 5.98. The monoisotopic (exact) mass is 410 g/mol. The third-order valence-corrected chi connectivity index (χ3v) is 5.25. The highest BCUT2D eigenvalue weighted by atomic mass is 32.2. The molecule has 2 heterocycles. The molecule has 0 bridgehead atoms. The van der Waals surface area contributed by atoms with Gasteiger partial charge in [-0.3, -0.25) is 9.59 Å². The van der Waals surface area contributed by atoms with Gasteiger partial charge in [-0.1, -0.05) is 0 Å². The van der Waals surface area contributed by atoms with E-state index in [4.69, 9.17) is 9.15 Å². The molecule has 148 valence electrons. The van der Waals surface area contributed by atoms with Crippen LogP contribution in [0, 0.1) is 11.6 Å². The van der Waals surface area contributed by atoms with Crippen LogP contribution in [0.15, 0.2) is 41.0 Å². The summed E-state index contributed by atoms with van der Waals surface area (Å²) in [6.45, 7) is 0.702. The summed E-state index contributed by atoms with van der Waals surface area (Å²) >= 11 is 1.35. The molecule has 1 saturated heterocycles. The molecule has 1 aliphatic rings. The van der Waals surface area contributed by atoms with Gasteiger partial charge in [0.1, 0.15) is 17.2 Å². The largest absolute Gasteiger partial charge is 0.466 e. The maximum absolute atomic E-state index is 13.2. The van der Waals surface area contributed by atoms with E-state index in [9.17, 15) is 23.2 Å². The molecule has 1 fully saturated rings. The minimum Gasteiger partial charge on any atom is -0.466 e. The molecule has 7 nitrogen and oxygen atoms in total. The molecule has 2 amide bonds. The van der Waals surface area contributed by atoms with Crippen LogP contribution in [0.25, 0.3) is 0 Å². The van der Waals surface area contributed by atoms with E-state index in [2.05, 4.69) is 5.32 Å². The third-order valence-electron chi connectivity index (χ3n) is 3.97. The van der Waals surface area contributed by atoms with Gasteiger partial charge in [0.2, 0.25) is 5.91 Å². The SMILES string of the molecule is CC(=O)N1[C@@H](C(=O)OCC(=O)Nc2ccc(F)c(F)c2)CS[C@@H]1c1ccco1. The number of thioether (sulfide) groups is 1. The number of hydrogen-bond acceptors (Lipinski definition) is 6. The van der Waals surface area contributed by atoms with Gasteiger partial charge < -0.3 is 19.4 Å². The smallest absolute Gasteiger partial charge is 0.330 e. The standard InChI is InChI=1S/C18H16F2N2O5S/c1-10(23)22-14(9-28-17(22)15-3-2-6-26-15)18(25)27-8-16(24)21-11-4-5-12(19)13(20)7-11/h2-7,14,17H,8-9H2,1H3,(H,21,24)/t14-,17-/m1/s1. The highest BCUT2D eigenvalue weighted by molar-refractivity contribution is 7.99. The predicted octanol–water partition coefficient (Wildman–Crippen LogP) is 2.70. The number of amides is 2. The Hall–Kier alpha value is -2.88. The van der Waals surface area contributed by atoms with Crippen molar-refractivity contribution in [3.8, 4) is 0 Å². The highest BCUT2D eigenvalue weighted by Gasteiger charge is 2.43. The molecule has 0 saturated carbocycles. The van der Waals surface area contributed by atoms with Crippen molar-refractivity contribution in [2.24, 2.45) is 0 Å². The number of benzene rings is 1. The lowest BCUT2D eigenvalue weighted by molar-refractivity contribution is -0.155. The van der Waals surface area contributed by atoms with Gasteiger partial charge in [-0.15, -0.1) is 11.8 Å². The summed E-state index contributed by atoms with van der Waals surface area (Å²) in [5.41, 5.74) is 0.0274. The number of nitrogens with one attached hydrogen (secondary N) is 1. The molecule has 3 rings (SSSR count). The van der Waals surface area contributed by atoms with Gasteiger partial charge >= 0.3 is 5.97 Å². The Morgan fingerprint density at radius 2 is 2.07 bits per heavy atom. The molecule has 10 heteroatoms. The second-order valence-corrected chi connectivity index (χ2v) is 7.04. The number of anilines is 1. The van der Waals surface area contributed by atoms with Crippen LogP contribution < -0.4 is 5.32 Å². The Labute approximate surface area is 163 Å². The van der Waals surface area contributed by atoms with Crippen molar-refractivity contribution in [1.82, 2.24) is 4.90 Å². The van der Waals surface area contributed by atoms with Crippen LogP contribution >= 0.6 is 11.8 Å². The van der Waals surface area contributed by atoms with Gasteiger partial charge in [0.05, 0.1) is 6.26 Å². The molecule has 1 aliphatic heterocycles. The van der Waals surface area contributed by atoms with E-state index in [0.29, 0.717) is 5.76 Å². The third kappa shape index (κ3) is 4.33. The first-order chi connectivity index (χ1) is 13.4. The molecule has 1 N–H and O–H groups in total. The van der Waals surface area contributed by atoms with Gasteiger partial charge in [0.25, 0.3) is 5.91 Å². The molecule has 2 atom stereocenters. The zero-order valence-corrected chi connectivity index (χ0v) is 15.5. The fourth-order valence-corrected chi connectivity index (χ4v) is 4.14. The number of ether oxygens (including phenoxy) is 1. The van der Waals surface area contributed by atoms with Crippen LogP contribution in [0.4, 0.5) is 14.5 Å². The summed E-state index contributed by atoms with van der Waals surface area (Å²) in [6, 6.07) is 5.38. The van der Waals surface area contributed by atoms with Crippen LogP contribution in [0.3, 0.4) is 0 Å². The fraction of sp³-hybridized carbons (Fsp3) is 0.278. The Bertz CT molecular complexity index is 890.